The van der Waals surface area contributed by atoms with Gasteiger partial charge < -0.3 is 51.0 Å². The number of aromatic nitrogens is 1. The summed E-state index contributed by atoms with van der Waals surface area (Å²) in [6, 6.07) is 15.0. The standard InChI is InChI=1S/C41H50N4O11/c42-18-15-34(48)43-32-22-28(12-14-33(32)55-41-37(51)35(49)36(50)38(56-41)40(53)54)25-44-19-5-7-27(24-44)11-13-30(46)9-3-1-2-6-26-16-20-45(21-17-26)39(52)29-8-4-10-31(47)23-29/h4-5,7-8,10-14,19,22-24,26,35-38,41,49-51H,1-3,6,9,15-18,20-21,25,42H2,(H2-,43,47,48,53,54)/p+1/b13-11+/t35-,36-,37+,38-,41+/m0/s1. The molecular weight excluding hydrogens is 724 g/mol. The zero-order valence-corrected chi connectivity index (χ0v) is 31.1. The van der Waals surface area contributed by atoms with Crippen molar-refractivity contribution in [1.29, 1.82) is 0 Å². The number of rotatable bonds is 17. The van der Waals surface area contributed by atoms with Crippen molar-refractivity contribution in [2.75, 3.05) is 25.0 Å². The van der Waals surface area contributed by atoms with Gasteiger partial charge in [-0.2, -0.15) is 0 Å². The van der Waals surface area contributed by atoms with Crippen LogP contribution in [0, 0.1) is 5.92 Å². The summed E-state index contributed by atoms with van der Waals surface area (Å²) in [5.74, 6) is -1.31. The van der Waals surface area contributed by atoms with E-state index in [2.05, 4.69) is 5.32 Å². The SMILES string of the molecule is NCCC(=O)Nc1cc(C[n+]2cccc(/C=C/C(=O)CCCCCC3CCN(C(=O)c4cccc(O)c4)CC3)c2)ccc1O[C@@H]1O[C@H](C(=O)O)[C@@H](O)[C@H](O)[C@H]1O. The Hall–Kier alpha value is -5.19. The highest BCUT2D eigenvalue weighted by atomic mass is 16.7. The number of hydrogen-bond acceptors (Lipinski definition) is 11. The Bertz CT molecular complexity index is 1860. The Labute approximate surface area is 325 Å². The van der Waals surface area contributed by atoms with Crippen LogP contribution in [0.5, 0.6) is 11.5 Å². The van der Waals surface area contributed by atoms with Gasteiger partial charge in [0.15, 0.2) is 30.8 Å². The number of phenols is 1. The van der Waals surface area contributed by atoms with E-state index in [1.165, 1.54) is 12.1 Å². The molecule has 2 amide bonds. The smallest absolute Gasteiger partial charge is 0.335 e. The first-order valence-corrected chi connectivity index (χ1v) is 18.9. The minimum atomic E-state index is -1.88. The van der Waals surface area contributed by atoms with Crippen LogP contribution in [0.25, 0.3) is 6.08 Å². The second-order valence-electron chi connectivity index (χ2n) is 14.3. The molecule has 0 aliphatic carbocycles. The number of amides is 2. The number of ketones is 1. The van der Waals surface area contributed by atoms with Crippen molar-refractivity contribution in [3.05, 3.63) is 89.8 Å². The first-order valence-electron chi connectivity index (χ1n) is 18.9. The van der Waals surface area contributed by atoms with Crippen LogP contribution >= 0.6 is 0 Å². The number of aliphatic hydroxyl groups is 3. The number of carboxylic acid groups (broad SMARTS) is 1. The van der Waals surface area contributed by atoms with Gasteiger partial charge in [-0.25, -0.2) is 9.36 Å². The number of allylic oxidation sites excluding steroid dienone is 1. The van der Waals surface area contributed by atoms with E-state index in [4.69, 9.17) is 15.2 Å². The fraction of sp³-hybridized carbons (Fsp3) is 0.439. The van der Waals surface area contributed by atoms with Crippen molar-refractivity contribution in [3.8, 4) is 11.5 Å². The van der Waals surface area contributed by atoms with Gasteiger partial charge in [0.1, 0.15) is 29.8 Å². The predicted molar refractivity (Wildman–Crippen MR) is 203 cm³/mol. The normalized spacial score (nSPS) is 21.5. The number of nitrogens with one attached hydrogen (secondary N) is 1. The number of aromatic hydroxyl groups is 1. The van der Waals surface area contributed by atoms with Crippen LogP contribution in [0.4, 0.5) is 5.69 Å². The number of ether oxygens (including phenoxy) is 2. The van der Waals surface area contributed by atoms with E-state index < -0.39 is 42.6 Å². The van der Waals surface area contributed by atoms with Crippen LogP contribution in [0.1, 0.15) is 72.9 Å². The number of likely N-dealkylation sites (tertiary alicyclic amines) is 1. The van der Waals surface area contributed by atoms with E-state index in [1.54, 1.807) is 42.5 Å². The highest BCUT2D eigenvalue weighted by Crippen LogP contribution is 2.31. The summed E-state index contributed by atoms with van der Waals surface area (Å²) in [6.45, 7) is 1.86. The number of hydrogen-bond donors (Lipinski definition) is 7. The molecule has 2 saturated heterocycles. The fourth-order valence-electron chi connectivity index (χ4n) is 6.87. The van der Waals surface area contributed by atoms with Crippen molar-refractivity contribution in [1.82, 2.24) is 4.90 Å². The molecule has 56 heavy (non-hydrogen) atoms. The van der Waals surface area contributed by atoms with E-state index in [1.807, 2.05) is 34.0 Å². The average Bonchev–Trinajstić information content (AvgIpc) is 3.18. The molecule has 2 aliphatic heterocycles. The maximum atomic E-state index is 12.7. The first kappa shape index (κ1) is 42.0. The molecule has 5 atom stereocenters. The van der Waals surface area contributed by atoms with Gasteiger partial charge in [0.2, 0.25) is 12.2 Å². The molecule has 3 heterocycles. The first-order chi connectivity index (χ1) is 26.9. The molecule has 15 nitrogen and oxygen atoms in total. The number of carbonyl (C=O) groups is 4. The molecular formula is C41H51N4O11+. The van der Waals surface area contributed by atoms with E-state index in [0.29, 0.717) is 37.5 Å². The quantitative estimate of drug-likeness (QED) is 0.0595. The van der Waals surface area contributed by atoms with Crippen LogP contribution in [0.3, 0.4) is 0 Å². The third kappa shape index (κ3) is 11.7. The van der Waals surface area contributed by atoms with Gasteiger partial charge in [-0.1, -0.05) is 25.3 Å². The lowest BCUT2D eigenvalue weighted by atomic mass is 9.90. The highest BCUT2D eigenvalue weighted by Gasteiger charge is 2.48. The Kier molecular flexibility index (Phi) is 15.1. The summed E-state index contributed by atoms with van der Waals surface area (Å²) in [4.78, 5) is 51.3. The molecule has 2 fully saturated rings. The van der Waals surface area contributed by atoms with Gasteiger partial charge in [0.25, 0.3) is 5.91 Å². The predicted octanol–water partition coefficient (Wildman–Crippen LogP) is 2.37. The molecule has 15 heteroatoms. The van der Waals surface area contributed by atoms with E-state index >= 15 is 0 Å². The minimum Gasteiger partial charge on any atom is -0.508 e. The number of benzene rings is 2. The van der Waals surface area contributed by atoms with Crippen molar-refractivity contribution in [2.24, 2.45) is 11.7 Å². The van der Waals surface area contributed by atoms with Crippen molar-refractivity contribution >= 4 is 35.3 Å². The van der Waals surface area contributed by atoms with Crippen LogP contribution in [0.2, 0.25) is 0 Å². The Morgan fingerprint density at radius 3 is 2.46 bits per heavy atom. The summed E-state index contributed by atoms with van der Waals surface area (Å²) in [7, 11) is 0. The van der Waals surface area contributed by atoms with Gasteiger partial charge in [-0.3, -0.25) is 14.4 Å². The molecule has 0 spiro atoms. The summed E-state index contributed by atoms with van der Waals surface area (Å²) in [5, 5.41) is 52.4. The number of anilines is 1. The van der Waals surface area contributed by atoms with Crippen molar-refractivity contribution in [3.63, 3.8) is 0 Å². The van der Waals surface area contributed by atoms with Gasteiger partial charge in [-0.15, -0.1) is 0 Å². The van der Waals surface area contributed by atoms with Crippen molar-refractivity contribution < 1.29 is 58.8 Å². The second kappa shape index (κ2) is 20.1. The Morgan fingerprint density at radius 2 is 1.73 bits per heavy atom. The van der Waals surface area contributed by atoms with Crippen LogP contribution in [-0.4, -0.2) is 104 Å². The van der Waals surface area contributed by atoms with Crippen molar-refractivity contribution in [2.45, 2.75) is 88.6 Å². The number of nitrogens with two attached hydrogens (primary N) is 1. The third-order valence-corrected chi connectivity index (χ3v) is 9.98. The van der Waals surface area contributed by atoms with E-state index in [-0.39, 0.29) is 41.8 Å². The summed E-state index contributed by atoms with van der Waals surface area (Å²) in [5.41, 5.74) is 7.78. The summed E-state index contributed by atoms with van der Waals surface area (Å²) in [6.07, 6.45) is 4.22. The highest BCUT2D eigenvalue weighted by molar-refractivity contribution is 5.95. The molecule has 0 bridgehead atoms. The molecule has 300 valence electrons. The van der Waals surface area contributed by atoms with Crippen LogP contribution in [-0.2, 0) is 25.7 Å². The van der Waals surface area contributed by atoms with E-state index in [9.17, 15) is 44.7 Å². The lowest BCUT2D eigenvalue weighted by Crippen LogP contribution is -2.61. The fourth-order valence-corrected chi connectivity index (χ4v) is 6.87. The minimum absolute atomic E-state index is 0.00767. The van der Waals surface area contributed by atoms with Gasteiger partial charge >= 0.3 is 5.97 Å². The maximum absolute atomic E-state index is 12.7. The zero-order valence-electron chi connectivity index (χ0n) is 31.1. The topological polar surface area (TPSA) is 233 Å². The van der Waals surface area contributed by atoms with Crippen LogP contribution in [0.15, 0.2) is 73.1 Å². The number of carbonyl (C=O) groups excluding carboxylic acids is 3. The van der Waals surface area contributed by atoms with E-state index in [0.717, 1.165) is 49.7 Å². The molecule has 8 N–H and O–H groups in total. The molecule has 2 aromatic carbocycles. The molecule has 3 aromatic rings. The lowest BCUT2D eigenvalue weighted by Gasteiger charge is -2.38. The second-order valence-corrected chi connectivity index (χ2v) is 14.3. The molecule has 0 unspecified atom stereocenters. The lowest BCUT2D eigenvalue weighted by molar-refractivity contribution is -0.688. The van der Waals surface area contributed by atoms with Gasteiger partial charge in [0, 0.05) is 55.2 Å². The number of aliphatic hydroxyl groups excluding tert-OH is 3. The summed E-state index contributed by atoms with van der Waals surface area (Å²) >= 11 is 0. The van der Waals surface area contributed by atoms with Gasteiger partial charge in [0.05, 0.1) is 5.69 Å². The number of piperidine rings is 1. The number of pyridine rings is 1. The summed E-state index contributed by atoms with van der Waals surface area (Å²) < 4.78 is 12.9. The largest absolute Gasteiger partial charge is 0.508 e. The van der Waals surface area contributed by atoms with Gasteiger partial charge in [-0.05, 0) is 79.8 Å². The number of nitrogens with zero attached hydrogens (tertiary/aromatic N) is 2. The maximum Gasteiger partial charge on any atom is 0.335 e. The zero-order chi connectivity index (χ0) is 40.2. The number of aliphatic carboxylic acids is 1. The Morgan fingerprint density at radius 1 is 0.946 bits per heavy atom. The molecule has 1 aromatic heterocycles. The molecule has 0 saturated carbocycles. The number of carboxylic acids is 1. The molecule has 2 aliphatic rings. The molecule has 5 rings (SSSR count). The van der Waals surface area contributed by atoms with Crippen LogP contribution < -0.4 is 20.4 Å². The molecule has 0 radical (unpaired) electrons. The average molecular weight is 776 g/mol. The number of phenolic OH excluding ortho intramolecular Hbond substituents is 1. The third-order valence-electron chi connectivity index (χ3n) is 9.98. The number of unbranched alkanes of at least 4 members (excludes halogenated alkanes) is 2. The Balaban J connectivity index is 1.09. The monoisotopic (exact) mass is 775 g/mol.